The second-order valence-corrected chi connectivity index (χ2v) is 5.79. The van der Waals surface area contributed by atoms with E-state index in [0.717, 1.165) is 29.1 Å². The third-order valence-electron chi connectivity index (χ3n) is 3.75. The van der Waals surface area contributed by atoms with Crippen LogP contribution in [0, 0.1) is 0 Å². The maximum atomic E-state index is 12.4. The fraction of sp³-hybridized carbons (Fsp3) is 0.158. The number of allylic oxidation sites excluding steroid dienone is 1. The number of methoxy groups -OCH3 is 1. The number of anilines is 1. The van der Waals surface area contributed by atoms with E-state index in [4.69, 9.17) is 16.3 Å². The molecule has 3 rings (SSSR count). The molecule has 0 fully saturated rings. The SMILES string of the molecule is COc1ccccc1NC(=O)c1ccc(C2=C(Cl)CCC=N2)cc1. The van der Waals surface area contributed by atoms with Crippen LogP contribution in [0.2, 0.25) is 0 Å². The number of nitrogens with one attached hydrogen (secondary N) is 1. The topological polar surface area (TPSA) is 50.7 Å². The Balaban J connectivity index is 1.78. The Labute approximate surface area is 145 Å². The molecule has 0 atom stereocenters. The average molecular weight is 341 g/mol. The number of amides is 1. The second-order valence-electron chi connectivity index (χ2n) is 5.34. The molecular weight excluding hydrogens is 324 g/mol. The molecule has 2 aromatic carbocycles. The number of ether oxygens (including phenoxy) is 1. The highest BCUT2D eigenvalue weighted by Gasteiger charge is 2.12. The van der Waals surface area contributed by atoms with Crippen molar-refractivity contribution >= 4 is 35.1 Å². The summed E-state index contributed by atoms with van der Waals surface area (Å²) in [5, 5.41) is 3.61. The molecule has 0 unspecified atom stereocenters. The van der Waals surface area contributed by atoms with Crippen LogP contribution in [0.1, 0.15) is 28.8 Å². The van der Waals surface area contributed by atoms with Crippen molar-refractivity contribution in [1.29, 1.82) is 0 Å². The van der Waals surface area contributed by atoms with Crippen LogP contribution < -0.4 is 10.1 Å². The van der Waals surface area contributed by atoms with Gasteiger partial charge in [0.25, 0.3) is 5.91 Å². The highest BCUT2D eigenvalue weighted by Crippen LogP contribution is 2.29. The van der Waals surface area contributed by atoms with E-state index in [1.807, 2.05) is 30.5 Å². The first kappa shape index (κ1) is 16.3. The Kier molecular flexibility index (Phi) is 4.96. The van der Waals surface area contributed by atoms with E-state index in [1.165, 1.54) is 0 Å². The highest BCUT2D eigenvalue weighted by atomic mass is 35.5. The Morgan fingerprint density at radius 3 is 2.62 bits per heavy atom. The molecule has 0 aliphatic carbocycles. The van der Waals surface area contributed by atoms with Gasteiger partial charge in [-0.15, -0.1) is 0 Å². The average Bonchev–Trinajstić information content (AvgIpc) is 2.63. The smallest absolute Gasteiger partial charge is 0.255 e. The van der Waals surface area contributed by atoms with Crippen molar-refractivity contribution in [2.45, 2.75) is 12.8 Å². The summed E-state index contributed by atoms with van der Waals surface area (Å²) < 4.78 is 5.24. The maximum Gasteiger partial charge on any atom is 0.255 e. The molecule has 0 aromatic heterocycles. The van der Waals surface area contributed by atoms with Gasteiger partial charge in [-0.2, -0.15) is 0 Å². The number of carbonyl (C=O) groups excluding carboxylic acids is 1. The van der Waals surface area contributed by atoms with Crippen LogP contribution in [0.5, 0.6) is 5.75 Å². The van der Waals surface area contributed by atoms with Crippen LogP contribution in [-0.2, 0) is 0 Å². The number of para-hydroxylation sites is 2. The number of hydrogen-bond acceptors (Lipinski definition) is 3. The van der Waals surface area contributed by atoms with Crippen molar-refractivity contribution < 1.29 is 9.53 Å². The van der Waals surface area contributed by atoms with Crippen LogP contribution in [0.15, 0.2) is 58.6 Å². The maximum absolute atomic E-state index is 12.4. The van der Waals surface area contributed by atoms with Crippen LogP contribution in [0.25, 0.3) is 5.70 Å². The van der Waals surface area contributed by atoms with Gasteiger partial charge < -0.3 is 10.1 Å². The molecular formula is C19H17ClN2O2. The summed E-state index contributed by atoms with van der Waals surface area (Å²) in [6.45, 7) is 0. The van der Waals surface area contributed by atoms with Gasteiger partial charge in [-0.25, -0.2) is 0 Å². The van der Waals surface area contributed by atoms with E-state index < -0.39 is 0 Å². The number of benzene rings is 2. The summed E-state index contributed by atoms with van der Waals surface area (Å²) in [6, 6.07) is 14.5. The minimum atomic E-state index is -0.196. The Bertz CT molecular complexity index is 810. The number of nitrogens with zero attached hydrogens (tertiary/aromatic N) is 1. The minimum absolute atomic E-state index is 0.196. The summed E-state index contributed by atoms with van der Waals surface area (Å²) >= 11 is 6.23. The molecule has 4 nitrogen and oxygen atoms in total. The Hall–Kier alpha value is -2.59. The van der Waals surface area contributed by atoms with E-state index in [1.54, 1.807) is 31.4 Å². The Morgan fingerprint density at radius 2 is 1.92 bits per heavy atom. The Morgan fingerprint density at radius 1 is 1.17 bits per heavy atom. The number of rotatable bonds is 4. The molecule has 0 saturated carbocycles. The molecule has 2 aromatic rings. The van der Waals surface area contributed by atoms with E-state index in [-0.39, 0.29) is 5.91 Å². The van der Waals surface area contributed by atoms with Gasteiger partial charge >= 0.3 is 0 Å². The van der Waals surface area contributed by atoms with Gasteiger partial charge in [0.05, 0.1) is 18.5 Å². The van der Waals surface area contributed by atoms with E-state index in [9.17, 15) is 4.79 Å². The van der Waals surface area contributed by atoms with Crippen LogP contribution in [0.3, 0.4) is 0 Å². The fourth-order valence-corrected chi connectivity index (χ4v) is 2.76. The zero-order valence-electron chi connectivity index (χ0n) is 13.3. The molecule has 1 N–H and O–H groups in total. The van der Waals surface area contributed by atoms with Crippen LogP contribution in [-0.4, -0.2) is 19.2 Å². The van der Waals surface area contributed by atoms with Gasteiger partial charge in [-0.1, -0.05) is 35.9 Å². The molecule has 1 aliphatic rings. The van der Waals surface area contributed by atoms with Gasteiger partial charge in [-0.3, -0.25) is 9.79 Å². The van der Waals surface area contributed by atoms with Crippen molar-refractivity contribution in [3.63, 3.8) is 0 Å². The predicted octanol–water partition coefficient (Wildman–Crippen LogP) is 4.72. The first-order valence-electron chi connectivity index (χ1n) is 7.65. The lowest BCUT2D eigenvalue weighted by molar-refractivity contribution is 0.102. The molecule has 1 aliphatic heterocycles. The van der Waals surface area contributed by atoms with E-state index in [0.29, 0.717) is 17.0 Å². The zero-order valence-corrected chi connectivity index (χ0v) is 14.0. The summed E-state index contributed by atoms with van der Waals surface area (Å²) in [5.74, 6) is 0.425. The lowest BCUT2D eigenvalue weighted by Gasteiger charge is -2.12. The normalized spacial score (nSPS) is 13.8. The van der Waals surface area contributed by atoms with Crippen molar-refractivity contribution in [3.8, 4) is 5.75 Å². The van der Waals surface area contributed by atoms with E-state index in [2.05, 4.69) is 10.3 Å². The predicted molar refractivity (Wildman–Crippen MR) is 97.9 cm³/mol. The molecule has 1 amide bonds. The number of halogens is 1. The molecule has 5 heteroatoms. The lowest BCUT2D eigenvalue weighted by atomic mass is 10.1. The minimum Gasteiger partial charge on any atom is -0.495 e. The first-order chi connectivity index (χ1) is 11.7. The van der Waals surface area contributed by atoms with Crippen LogP contribution in [0.4, 0.5) is 5.69 Å². The molecule has 0 bridgehead atoms. The number of hydrogen-bond donors (Lipinski definition) is 1. The molecule has 1 heterocycles. The highest BCUT2D eigenvalue weighted by molar-refractivity contribution is 6.33. The quantitative estimate of drug-likeness (QED) is 0.875. The molecule has 122 valence electrons. The molecule has 24 heavy (non-hydrogen) atoms. The summed E-state index contributed by atoms with van der Waals surface area (Å²) in [7, 11) is 1.57. The number of aliphatic imine (C=N–C) groups is 1. The third kappa shape index (κ3) is 3.49. The first-order valence-corrected chi connectivity index (χ1v) is 8.03. The molecule has 0 spiro atoms. The lowest BCUT2D eigenvalue weighted by Crippen LogP contribution is -2.12. The monoisotopic (exact) mass is 340 g/mol. The van der Waals surface area contributed by atoms with Crippen molar-refractivity contribution in [2.75, 3.05) is 12.4 Å². The summed E-state index contributed by atoms with van der Waals surface area (Å²) in [4.78, 5) is 16.8. The number of carbonyl (C=O) groups is 1. The van der Waals surface area contributed by atoms with Gasteiger partial charge in [0.1, 0.15) is 5.75 Å². The largest absolute Gasteiger partial charge is 0.495 e. The molecule has 0 saturated heterocycles. The van der Waals surface area contributed by atoms with Crippen molar-refractivity contribution in [2.24, 2.45) is 4.99 Å². The summed E-state index contributed by atoms with van der Waals surface area (Å²) in [5.41, 5.74) is 2.88. The second kappa shape index (κ2) is 7.32. The fourth-order valence-electron chi connectivity index (χ4n) is 2.49. The van der Waals surface area contributed by atoms with Gasteiger partial charge in [0.15, 0.2) is 0 Å². The van der Waals surface area contributed by atoms with Crippen LogP contribution >= 0.6 is 11.6 Å². The summed E-state index contributed by atoms with van der Waals surface area (Å²) in [6.07, 6.45) is 3.53. The van der Waals surface area contributed by atoms with Gasteiger partial charge in [-0.05, 0) is 37.1 Å². The van der Waals surface area contributed by atoms with Crippen molar-refractivity contribution in [3.05, 3.63) is 64.7 Å². The van der Waals surface area contributed by atoms with Gasteiger partial charge in [0, 0.05) is 22.4 Å². The van der Waals surface area contributed by atoms with E-state index >= 15 is 0 Å². The molecule has 0 radical (unpaired) electrons. The van der Waals surface area contributed by atoms with Gasteiger partial charge in [0.2, 0.25) is 0 Å². The third-order valence-corrected chi connectivity index (χ3v) is 4.11. The zero-order chi connectivity index (χ0) is 16.9. The van der Waals surface area contributed by atoms with Crippen molar-refractivity contribution in [1.82, 2.24) is 0 Å². The standard InChI is InChI=1S/C19H17ClN2O2/c1-24-17-7-3-2-6-16(17)22-19(23)14-10-8-13(9-11-14)18-15(20)5-4-12-21-18/h2-3,6-12H,4-5H2,1H3,(H,22,23).